The Hall–Kier alpha value is -4.88. The molecule has 0 bridgehead atoms. The van der Waals surface area contributed by atoms with Crippen LogP contribution in [0.4, 0.5) is 11.4 Å². The molecule has 40 heavy (non-hydrogen) atoms. The van der Waals surface area contributed by atoms with E-state index in [2.05, 4.69) is 165 Å². The fourth-order valence-corrected chi connectivity index (χ4v) is 6.19. The molecule has 1 N–H and O–H groups in total. The highest BCUT2D eigenvalue weighted by Crippen LogP contribution is 2.54. The van der Waals surface area contributed by atoms with Crippen LogP contribution in [-0.4, -0.2) is 0 Å². The fourth-order valence-electron chi connectivity index (χ4n) is 6.19. The van der Waals surface area contributed by atoms with Crippen LogP contribution >= 0.6 is 0 Å². The van der Waals surface area contributed by atoms with Crippen molar-refractivity contribution in [2.75, 3.05) is 5.32 Å². The summed E-state index contributed by atoms with van der Waals surface area (Å²) < 4.78 is 0. The summed E-state index contributed by atoms with van der Waals surface area (Å²) in [6, 6.07) is 52.3. The second-order valence-corrected chi connectivity index (χ2v) is 11.1. The summed E-state index contributed by atoms with van der Waals surface area (Å²) in [7, 11) is 0. The first kappa shape index (κ1) is 24.2. The lowest BCUT2D eigenvalue weighted by Crippen LogP contribution is -2.15. The number of fused-ring (bicyclic) bond motifs is 3. The first-order chi connectivity index (χ1) is 19.6. The van der Waals surface area contributed by atoms with Gasteiger partial charge in [0.15, 0.2) is 0 Å². The molecule has 0 aromatic heterocycles. The second-order valence-electron chi connectivity index (χ2n) is 11.1. The quantitative estimate of drug-likeness (QED) is 0.242. The van der Waals surface area contributed by atoms with Crippen LogP contribution in [0.2, 0.25) is 0 Å². The molecule has 0 radical (unpaired) electrons. The van der Waals surface area contributed by atoms with E-state index in [1.165, 1.54) is 55.6 Å². The maximum Gasteiger partial charge on any atom is 0.0463 e. The van der Waals surface area contributed by atoms with Gasteiger partial charge in [0, 0.05) is 22.4 Å². The number of rotatable bonds is 5. The third kappa shape index (κ3) is 4.12. The summed E-state index contributed by atoms with van der Waals surface area (Å²) in [5.74, 6) is 0. The zero-order valence-electron chi connectivity index (χ0n) is 22.9. The zero-order valence-corrected chi connectivity index (χ0v) is 22.9. The van der Waals surface area contributed by atoms with E-state index in [0.29, 0.717) is 0 Å². The standard InChI is InChI=1S/C39H31N/c1-39(2)35-26-31(40-37-21-13-12-20-32(37)28-16-8-4-9-17-28)22-23-33(35)38-34(29-18-10-5-11-19-29)24-30(25-36(38)39)27-14-6-3-7-15-27/h3-26,40H,1-2H3. The number of para-hydroxylation sites is 1. The molecule has 0 amide bonds. The molecule has 0 spiro atoms. The molecule has 192 valence electrons. The van der Waals surface area contributed by atoms with Gasteiger partial charge in [0.05, 0.1) is 0 Å². The largest absolute Gasteiger partial charge is 0.355 e. The Balaban J connectivity index is 1.36. The Morgan fingerprint density at radius 1 is 0.425 bits per heavy atom. The van der Waals surface area contributed by atoms with E-state index < -0.39 is 0 Å². The molecule has 0 atom stereocenters. The number of hydrogen-bond acceptors (Lipinski definition) is 1. The van der Waals surface area contributed by atoms with E-state index in [1.807, 2.05) is 0 Å². The van der Waals surface area contributed by atoms with Gasteiger partial charge in [-0.25, -0.2) is 0 Å². The Bertz CT molecular complexity index is 1820. The van der Waals surface area contributed by atoms with Gasteiger partial charge in [-0.05, 0) is 80.4 Å². The van der Waals surface area contributed by atoms with Gasteiger partial charge in [-0.3, -0.25) is 0 Å². The van der Waals surface area contributed by atoms with Crippen LogP contribution in [0, 0.1) is 0 Å². The highest BCUT2D eigenvalue weighted by atomic mass is 14.9. The molecule has 6 aromatic rings. The van der Waals surface area contributed by atoms with E-state index >= 15 is 0 Å². The maximum absolute atomic E-state index is 3.75. The summed E-state index contributed by atoms with van der Waals surface area (Å²) in [6.07, 6.45) is 0. The molecule has 1 nitrogen and oxygen atoms in total. The zero-order chi connectivity index (χ0) is 27.1. The van der Waals surface area contributed by atoms with Crippen LogP contribution in [0.5, 0.6) is 0 Å². The van der Waals surface area contributed by atoms with Gasteiger partial charge in [0.25, 0.3) is 0 Å². The molecule has 0 saturated carbocycles. The fraction of sp³-hybridized carbons (Fsp3) is 0.0769. The summed E-state index contributed by atoms with van der Waals surface area (Å²) in [6.45, 7) is 4.73. The smallest absolute Gasteiger partial charge is 0.0463 e. The van der Waals surface area contributed by atoms with Crippen molar-refractivity contribution in [3.05, 3.63) is 157 Å². The normalized spacial score (nSPS) is 12.9. The first-order valence-corrected chi connectivity index (χ1v) is 14.0. The van der Waals surface area contributed by atoms with Crippen LogP contribution < -0.4 is 5.32 Å². The third-order valence-electron chi connectivity index (χ3n) is 8.26. The highest BCUT2D eigenvalue weighted by Gasteiger charge is 2.37. The van der Waals surface area contributed by atoms with Crippen molar-refractivity contribution in [3.63, 3.8) is 0 Å². The molecule has 1 aliphatic rings. The Morgan fingerprint density at radius 2 is 1.00 bits per heavy atom. The van der Waals surface area contributed by atoms with Gasteiger partial charge in [0.2, 0.25) is 0 Å². The summed E-state index contributed by atoms with van der Waals surface area (Å²) >= 11 is 0. The van der Waals surface area contributed by atoms with Gasteiger partial charge in [-0.15, -0.1) is 0 Å². The molecule has 0 unspecified atom stereocenters. The van der Waals surface area contributed by atoms with Gasteiger partial charge in [-0.2, -0.15) is 0 Å². The van der Waals surface area contributed by atoms with Crippen LogP contribution in [0.15, 0.2) is 146 Å². The van der Waals surface area contributed by atoms with E-state index in [1.54, 1.807) is 0 Å². The molecule has 0 heterocycles. The molecule has 1 heteroatoms. The van der Waals surface area contributed by atoms with Crippen molar-refractivity contribution in [2.24, 2.45) is 0 Å². The van der Waals surface area contributed by atoms with Gasteiger partial charge in [-0.1, -0.05) is 129 Å². The topological polar surface area (TPSA) is 12.0 Å². The lowest BCUT2D eigenvalue weighted by molar-refractivity contribution is 0.661. The van der Waals surface area contributed by atoms with Crippen molar-refractivity contribution in [3.8, 4) is 44.5 Å². The van der Waals surface area contributed by atoms with Crippen molar-refractivity contribution in [1.29, 1.82) is 0 Å². The predicted octanol–water partition coefficient (Wildman–Crippen LogP) is 10.7. The average molecular weight is 514 g/mol. The molecular formula is C39H31N. The molecule has 7 rings (SSSR count). The van der Waals surface area contributed by atoms with E-state index in [-0.39, 0.29) is 5.41 Å². The minimum absolute atomic E-state index is 0.143. The van der Waals surface area contributed by atoms with Crippen LogP contribution in [0.1, 0.15) is 25.0 Å². The minimum atomic E-state index is -0.143. The lowest BCUT2D eigenvalue weighted by Gasteiger charge is -2.23. The number of nitrogens with one attached hydrogen (secondary N) is 1. The van der Waals surface area contributed by atoms with Crippen LogP contribution in [-0.2, 0) is 5.41 Å². The summed E-state index contributed by atoms with van der Waals surface area (Å²) in [5, 5.41) is 3.75. The molecule has 0 aliphatic heterocycles. The molecule has 1 aliphatic carbocycles. The number of benzene rings is 6. The lowest BCUT2D eigenvalue weighted by atomic mass is 9.80. The number of anilines is 2. The van der Waals surface area contributed by atoms with Gasteiger partial charge in [0.1, 0.15) is 0 Å². The van der Waals surface area contributed by atoms with Crippen molar-refractivity contribution in [2.45, 2.75) is 19.3 Å². The first-order valence-electron chi connectivity index (χ1n) is 14.0. The Kier molecular flexibility index (Phi) is 5.86. The van der Waals surface area contributed by atoms with Crippen LogP contribution in [0.3, 0.4) is 0 Å². The molecular weight excluding hydrogens is 482 g/mol. The molecule has 0 saturated heterocycles. The van der Waals surface area contributed by atoms with Crippen molar-refractivity contribution >= 4 is 11.4 Å². The van der Waals surface area contributed by atoms with Gasteiger partial charge < -0.3 is 5.32 Å². The minimum Gasteiger partial charge on any atom is -0.355 e. The highest BCUT2D eigenvalue weighted by molar-refractivity contribution is 5.96. The Morgan fingerprint density at radius 3 is 1.68 bits per heavy atom. The Labute approximate surface area is 236 Å². The van der Waals surface area contributed by atoms with Gasteiger partial charge >= 0.3 is 0 Å². The molecule has 0 fully saturated rings. The summed E-state index contributed by atoms with van der Waals surface area (Å²) in [4.78, 5) is 0. The number of hydrogen-bond donors (Lipinski definition) is 1. The van der Waals surface area contributed by atoms with E-state index in [4.69, 9.17) is 0 Å². The SMILES string of the molecule is CC1(C)c2cc(Nc3ccccc3-c3ccccc3)ccc2-c2c(-c3ccccc3)cc(-c3ccccc3)cc21. The second kappa shape index (κ2) is 9.70. The van der Waals surface area contributed by atoms with Crippen LogP contribution in [0.25, 0.3) is 44.5 Å². The van der Waals surface area contributed by atoms with Crippen molar-refractivity contribution in [1.82, 2.24) is 0 Å². The summed E-state index contributed by atoms with van der Waals surface area (Å²) in [5.41, 5.74) is 14.9. The predicted molar refractivity (Wildman–Crippen MR) is 170 cm³/mol. The van der Waals surface area contributed by atoms with Crippen molar-refractivity contribution < 1.29 is 0 Å². The van der Waals surface area contributed by atoms with E-state index in [9.17, 15) is 0 Å². The monoisotopic (exact) mass is 513 g/mol. The van der Waals surface area contributed by atoms with E-state index in [0.717, 1.165) is 11.4 Å². The third-order valence-corrected chi connectivity index (χ3v) is 8.26. The average Bonchev–Trinajstić information content (AvgIpc) is 3.24. The maximum atomic E-state index is 3.75. The molecule has 6 aromatic carbocycles.